The summed E-state index contributed by atoms with van der Waals surface area (Å²) in [6.07, 6.45) is 7.60. The van der Waals surface area contributed by atoms with E-state index in [9.17, 15) is 4.79 Å². The fourth-order valence-corrected chi connectivity index (χ4v) is 2.39. The van der Waals surface area contributed by atoms with Crippen molar-refractivity contribution in [3.63, 3.8) is 0 Å². The Bertz CT molecular complexity index is 232. The SMILES string of the molecule is CCC(=O)OC[C@@H]1C[C@H]2C=C[C@H]1C2. The first-order chi connectivity index (χ1) is 6.29. The van der Waals surface area contributed by atoms with Crippen LogP contribution >= 0.6 is 0 Å². The third-order valence-electron chi connectivity index (χ3n) is 3.16. The maximum absolute atomic E-state index is 10.9. The van der Waals surface area contributed by atoms with Crippen molar-refractivity contribution < 1.29 is 9.53 Å². The molecule has 13 heavy (non-hydrogen) atoms. The van der Waals surface area contributed by atoms with Gasteiger partial charge in [-0.05, 0) is 30.6 Å². The standard InChI is InChI=1S/C11H16O2/c1-2-11(12)13-7-10-6-8-3-4-9(10)5-8/h3-4,8-10H,2,5-7H2,1H3/t8-,9-,10-/m0/s1. The quantitative estimate of drug-likeness (QED) is 0.491. The lowest BCUT2D eigenvalue weighted by Gasteiger charge is -2.17. The van der Waals surface area contributed by atoms with Crippen LogP contribution in [0.1, 0.15) is 26.2 Å². The van der Waals surface area contributed by atoms with Crippen molar-refractivity contribution in [2.45, 2.75) is 26.2 Å². The van der Waals surface area contributed by atoms with Gasteiger partial charge in [-0.3, -0.25) is 4.79 Å². The predicted molar refractivity (Wildman–Crippen MR) is 50.1 cm³/mol. The molecule has 0 N–H and O–H groups in total. The highest BCUT2D eigenvalue weighted by Crippen LogP contribution is 2.43. The van der Waals surface area contributed by atoms with Gasteiger partial charge in [0.1, 0.15) is 0 Å². The van der Waals surface area contributed by atoms with Gasteiger partial charge in [-0.15, -0.1) is 0 Å². The van der Waals surface area contributed by atoms with E-state index >= 15 is 0 Å². The van der Waals surface area contributed by atoms with E-state index < -0.39 is 0 Å². The molecule has 0 aromatic carbocycles. The molecule has 2 nitrogen and oxygen atoms in total. The van der Waals surface area contributed by atoms with Gasteiger partial charge in [0.15, 0.2) is 0 Å². The zero-order chi connectivity index (χ0) is 9.26. The highest BCUT2D eigenvalue weighted by molar-refractivity contribution is 5.68. The average Bonchev–Trinajstić information content (AvgIpc) is 2.74. The first kappa shape index (κ1) is 8.79. The number of allylic oxidation sites excluding steroid dienone is 2. The molecule has 0 aliphatic heterocycles. The number of esters is 1. The molecule has 0 amide bonds. The lowest BCUT2D eigenvalue weighted by Crippen LogP contribution is -2.17. The van der Waals surface area contributed by atoms with E-state index in [4.69, 9.17) is 4.74 Å². The topological polar surface area (TPSA) is 26.3 Å². The number of hydrogen-bond donors (Lipinski definition) is 0. The lowest BCUT2D eigenvalue weighted by atomic mass is 9.95. The molecule has 2 aliphatic rings. The fourth-order valence-electron chi connectivity index (χ4n) is 2.39. The molecule has 3 atom stereocenters. The molecule has 0 saturated heterocycles. The van der Waals surface area contributed by atoms with Crippen molar-refractivity contribution in [3.8, 4) is 0 Å². The van der Waals surface area contributed by atoms with Crippen molar-refractivity contribution in [2.75, 3.05) is 6.61 Å². The van der Waals surface area contributed by atoms with Crippen molar-refractivity contribution >= 4 is 5.97 Å². The maximum atomic E-state index is 10.9. The largest absolute Gasteiger partial charge is 0.465 e. The van der Waals surface area contributed by atoms with Gasteiger partial charge in [-0.1, -0.05) is 19.1 Å². The van der Waals surface area contributed by atoms with Crippen LogP contribution in [0.4, 0.5) is 0 Å². The van der Waals surface area contributed by atoms with Gasteiger partial charge < -0.3 is 4.74 Å². The van der Waals surface area contributed by atoms with Crippen LogP contribution in [0.25, 0.3) is 0 Å². The molecule has 1 saturated carbocycles. The Labute approximate surface area is 79.0 Å². The van der Waals surface area contributed by atoms with Crippen LogP contribution in [-0.2, 0) is 9.53 Å². The molecule has 2 rings (SSSR count). The second kappa shape index (κ2) is 3.52. The third-order valence-corrected chi connectivity index (χ3v) is 3.16. The number of fused-ring (bicyclic) bond motifs is 2. The van der Waals surface area contributed by atoms with Gasteiger partial charge in [0.25, 0.3) is 0 Å². The third kappa shape index (κ3) is 1.77. The Kier molecular flexibility index (Phi) is 2.38. The number of carbonyl (C=O) groups is 1. The Hall–Kier alpha value is -0.790. The minimum atomic E-state index is -0.0632. The van der Waals surface area contributed by atoms with E-state index in [1.165, 1.54) is 12.8 Å². The zero-order valence-electron chi connectivity index (χ0n) is 8.03. The second-order valence-electron chi connectivity index (χ2n) is 4.08. The Morgan fingerprint density at radius 3 is 2.85 bits per heavy atom. The van der Waals surface area contributed by atoms with Crippen LogP contribution in [-0.4, -0.2) is 12.6 Å². The Morgan fingerprint density at radius 1 is 1.46 bits per heavy atom. The Balaban J connectivity index is 1.78. The van der Waals surface area contributed by atoms with Crippen LogP contribution in [0.15, 0.2) is 12.2 Å². The van der Waals surface area contributed by atoms with Gasteiger partial charge in [0, 0.05) is 6.42 Å². The molecule has 0 aromatic rings. The van der Waals surface area contributed by atoms with Gasteiger partial charge in [0.2, 0.25) is 0 Å². The average molecular weight is 180 g/mol. The molecule has 1 fully saturated rings. The molecule has 0 aromatic heterocycles. The maximum Gasteiger partial charge on any atom is 0.305 e. The molecule has 0 heterocycles. The van der Waals surface area contributed by atoms with Gasteiger partial charge >= 0.3 is 5.97 Å². The molecule has 2 bridgehead atoms. The lowest BCUT2D eigenvalue weighted by molar-refractivity contribution is -0.144. The van der Waals surface area contributed by atoms with Crippen LogP contribution in [0, 0.1) is 17.8 Å². The molecular weight excluding hydrogens is 164 g/mol. The Morgan fingerprint density at radius 2 is 2.31 bits per heavy atom. The van der Waals surface area contributed by atoms with Gasteiger partial charge in [-0.2, -0.15) is 0 Å². The number of carbonyl (C=O) groups excluding carboxylic acids is 1. The van der Waals surface area contributed by atoms with E-state index in [2.05, 4.69) is 12.2 Å². The van der Waals surface area contributed by atoms with Gasteiger partial charge in [0.05, 0.1) is 6.61 Å². The normalized spacial score (nSPS) is 35.3. The molecule has 72 valence electrons. The van der Waals surface area contributed by atoms with Crippen molar-refractivity contribution in [3.05, 3.63) is 12.2 Å². The van der Waals surface area contributed by atoms with Crippen molar-refractivity contribution in [1.29, 1.82) is 0 Å². The highest BCUT2D eigenvalue weighted by Gasteiger charge is 2.35. The van der Waals surface area contributed by atoms with E-state index in [1.54, 1.807) is 0 Å². The van der Waals surface area contributed by atoms with E-state index in [1.807, 2.05) is 6.92 Å². The molecule has 2 heteroatoms. The minimum Gasteiger partial charge on any atom is -0.465 e. The van der Waals surface area contributed by atoms with E-state index in [-0.39, 0.29) is 5.97 Å². The zero-order valence-corrected chi connectivity index (χ0v) is 8.03. The summed E-state index contributed by atoms with van der Waals surface area (Å²) in [6.45, 7) is 2.47. The summed E-state index contributed by atoms with van der Waals surface area (Å²) in [5.41, 5.74) is 0. The van der Waals surface area contributed by atoms with Gasteiger partial charge in [-0.25, -0.2) is 0 Å². The molecule has 0 unspecified atom stereocenters. The van der Waals surface area contributed by atoms with E-state index in [0.29, 0.717) is 24.9 Å². The second-order valence-corrected chi connectivity index (χ2v) is 4.08. The van der Waals surface area contributed by atoms with Crippen LogP contribution in [0.3, 0.4) is 0 Å². The van der Waals surface area contributed by atoms with Crippen LogP contribution < -0.4 is 0 Å². The summed E-state index contributed by atoms with van der Waals surface area (Å²) >= 11 is 0. The van der Waals surface area contributed by atoms with Crippen LogP contribution in [0.2, 0.25) is 0 Å². The molecular formula is C11H16O2. The minimum absolute atomic E-state index is 0.0632. The first-order valence-electron chi connectivity index (χ1n) is 5.13. The monoisotopic (exact) mass is 180 g/mol. The summed E-state index contributed by atoms with van der Waals surface area (Å²) in [7, 11) is 0. The summed E-state index contributed by atoms with van der Waals surface area (Å²) in [5.74, 6) is 2.00. The van der Waals surface area contributed by atoms with Crippen molar-refractivity contribution in [2.24, 2.45) is 17.8 Å². The number of hydrogen-bond acceptors (Lipinski definition) is 2. The first-order valence-corrected chi connectivity index (χ1v) is 5.13. The van der Waals surface area contributed by atoms with Crippen LogP contribution in [0.5, 0.6) is 0 Å². The van der Waals surface area contributed by atoms with Crippen molar-refractivity contribution in [1.82, 2.24) is 0 Å². The molecule has 0 radical (unpaired) electrons. The van der Waals surface area contributed by atoms with E-state index in [0.717, 1.165) is 5.92 Å². The summed E-state index contributed by atoms with van der Waals surface area (Å²) in [6, 6.07) is 0. The highest BCUT2D eigenvalue weighted by atomic mass is 16.5. The number of rotatable bonds is 3. The summed E-state index contributed by atoms with van der Waals surface area (Å²) in [5, 5.41) is 0. The molecule has 0 spiro atoms. The fraction of sp³-hybridized carbons (Fsp3) is 0.727. The molecule has 2 aliphatic carbocycles. The number of ether oxygens (including phenoxy) is 1. The predicted octanol–water partition coefficient (Wildman–Crippen LogP) is 2.15. The smallest absolute Gasteiger partial charge is 0.305 e. The summed E-state index contributed by atoms with van der Waals surface area (Å²) in [4.78, 5) is 10.9. The summed E-state index contributed by atoms with van der Waals surface area (Å²) < 4.78 is 5.15.